The first-order valence-electron chi connectivity index (χ1n) is 7.55. The lowest BCUT2D eigenvalue weighted by atomic mass is 10.2. The third-order valence-corrected chi connectivity index (χ3v) is 5.64. The lowest BCUT2D eigenvalue weighted by Gasteiger charge is -2.19. The molecule has 10 nitrogen and oxygen atoms in total. The maximum absolute atomic E-state index is 12.8. The van der Waals surface area contributed by atoms with Gasteiger partial charge in [0.1, 0.15) is 17.6 Å². The molecule has 2 heterocycles. The summed E-state index contributed by atoms with van der Waals surface area (Å²) in [6.45, 7) is 2.86. The third kappa shape index (κ3) is 3.69. The molecule has 0 aromatic carbocycles. The quantitative estimate of drug-likeness (QED) is 0.527. The molecule has 24 heavy (non-hydrogen) atoms. The molecule has 136 valence electrons. The van der Waals surface area contributed by atoms with Crippen molar-refractivity contribution < 1.29 is 28.6 Å². The van der Waals surface area contributed by atoms with Crippen LogP contribution in [0.25, 0.3) is 0 Å². The first-order chi connectivity index (χ1) is 11.4. The summed E-state index contributed by atoms with van der Waals surface area (Å²) in [6.07, 6.45) is -1.64. The Labute approximate surface area is 137 Å². The summed E-state index contributed by atoms with van der Waals surface area (Å²) in [7, 11) is -3.90. The van der Waals surface area contributed by atoms with Gasteiger partial charge in [0.15, 0.2) is 0 Å². The summed E-state index contributed by atoms with van der Waals surface area (Å²) < 4.78 is 29.4. The van der Waals surface area contributed by atoms with E-state index in [9.17, 15) is 19.3 Å². The van der Waals surface area contributed by atoms with Crippen molar-refractivity contribution >= 4 is 12.9 Å². The average Bonchev–Trinajstić information content (AvgIpc) is 2.88. The molecule has 2 rings (SSSR count). The molecule has 0 aliphatic carbocycles. The van der Waals surface area contributed by atoms with Crippen LogP contribution in [0.4, 0.5) is 0 Å². The van der Waals surface area contributed by atoms with Gasteiger partial charge in [-0.25, -0.2) is 4.79 Å². The van der Waals surface area contributed by atoms with Gasteiger partial charge in [0.25, 0.3) is 5.56 Å². The van der Waals surface area contributed by atoms with E-state index in [1.807, 2.05) is 4.98 Å². The summed E-state index contributed by atoms with van der Waals surface area (Å²) >= 11 is 0. The van der Waals surface area contributed by atoms with Gasteiger partial charge in [-0.15, -0.1) is 0 Å². The molecule has 1 aromatic rings. The molecule has 0 spiro atoms. The number of nitrogens with zero attached hydrogens (tertiary/aromatic N) is 1. The van der Waals surface area contributed by atoms with Gasteiger partial charge in [-0.2, -0.15) is 0 Å². The fourth-order valence-electron chi connectivity index (χ4n) is 2.45. The summed E-state index contributed by atoms with van der Waals surface area (Å²) in [5, 5.41) is 18.6. The van der Waals surface area contributed by atoms with Crippen molar-refractivity contribution in [2.24, 2.45) is 0 Å². The summed E-state index contributed by atoms with van der Waals surface area (Å²) in [6, 6.07) is 0. The van der Waals surface area contributed by atoms with Crippen LogP contribution in [0.1, 0.15) is 26.5 Å². The standard InChI is InChI=1S/C13H21N2O8P/c1-3-21-24(20,22-4-2)10-6-15(13(19)14-12(10)18)11-5-8(17)9(7-16)23-11/h6,8-9,11,16-17H,3-5,7H2,1-2H3,(H,14,18,19). The number of aliphatic hydroxyl groups is 2. The Hall–Kier alpha value is -1.29. The van der Waals surface area contributed by atoms with E-state index in [4.69, 9.17) is 18.9 Å². The maximum Gasteiger partial charge on any atom is 0.368 e. The number of hydrogen-bond donors (Lipinski definition) is 3. The van der Waals surface area contributed by atoms with Crippen molar-refractivity contribution in [2.75, 3.05) is 19.8 Å². The predicted molar refractivity (Wildman–Crippen MR) is 83.4 cm³/mol. The largest absolute Gasteiger partial charge is 0.394 e. The molecule has 1 saturated heterocycles. The number of aromatic nitrogens is 2. The van der Waals surface area contributed by atoms with Crippen LogP contribution in [0.2, 0.25) is 0 Å². The summed E-state index contributed by atoms with van der Waals surface area (Å²) in [5.41, 5.74) is -1.67. The number of rotatable bonds is 7. The first-order valence-corrected chi connectivity index (χ1v) is 9.10. The predicted octanol–water partition coefficient (Wildman–Crippen LogP) is -0.931. The SMILES string of the molecule is CCOP(=O)(OCC)c1cn(C2CC(O)C(CO)O2)c(=O)[nH]c1=O. The van der Waals surface area contributed by atoms with Crippen LogP contribution in [-0.2, 0) is 18.3 Å². The highest BCUT2D eigenvalue weighted by molar-refractivity contribution is 7.62. The number of H-pyrrole nitrogens is 1. The third-order valence-electron chi connectivity index (χ3n) is 3.54. The molecular weight excluding hydrogens is 343 g/mol. The van der Waals surface area contributed by atoms with Crippen molar-refractivity contribution in [3.05, 3.63) is 27.0 Å². The van der Waals surface area contributed by atoms with Gasteiger partial charge in [-0.3, -0.25) is 18.9 Å². The maximum atomic E-state index is 12.8. The van der Waals surface area contributed by atoms with E-state index in [-0.39, 0.29) is 24.9 Å². The van der Waals surface area contributed by atoms with Gasteiger partial charge in [0.2, 0.25) is 0 Å². The lowest BCUT2D eigenvalue weighted by Crippen LogP contribution is -2.41. The lowest BCUT2D eigenvalue weighted by molar-refractivity contribution is -0.0458. The topological polar surface area (TPSA) is 140 Å². The second-order valence-corrected chi connectivity index (χ2v) is 7.12. The Morgan fingerprint density at radius 1 is 1.38 bits per heavy atom. The van der Waals surface area contributed by atoms with Gasteiger partial charge < -0.3 is 24.0 Å². The van der Waals surface area contributed by atoms with Gasteiger partial charge in [0.05, 0.1) is 25.9 Å². The molecule has 3 atom stereocenters. The smallest absolute Gasteiger partial charge is 0.368 e. The van der Waals surface area contributed by atoms with Crippen LogP contribution in [0, 0.1) is 0 Å². The number of hydrogen-bond acceptors (Lipinski definition) is 8. The van der Waals surface area contributed by atoms with E-state index in [1.165, 1.54) is 0 Å². The molecule has 3 N–H and O–H groups in total. The minimum absolute atomic E-state index is 0.0319. The van der Waals surface area contributed by atoms with Crippen LogP contribution in [-0.4, -0.2) is 51.8 Å². The highest BCUT2D eigenvalue weighted by Crippen LogP contribution is 2.45. The van der Waals surface area contributed by atoms with Gasteiger partial charge in [-0.05, 0) is 13.8 Å². The Balaban J connectivity index is 2.47. The van der Waals surface area contributed by atoms with Crippen molar-refractivity contribution in [3.63, 3.8) is 0 Å². The zero-order valence-electron chi connectivity index (χ0n) is 13.4. The molecule has 0 saturated carbocycles. The second-order valence-electron chi connectivity index (χ2n) is 5.13. The number of aromatic amines is 1. The number of ether oxygens (including phenoxy) is 1. The highest BCUT2D eigenvalue weighted by atomic mass is 31.2. The highest BCUT2D eigenvalue weighted by Gasteiger charge is 2.37. The first kappa shape index (κ1) is 19.0. The molecule has 0 radical (unpaired) electrons. The molecule has 1 fully saturated rings. The number of nitrogens with one attached hydrogen (secondary N) is 1. The van der Waals surface area contributed by atoms with Gasteiger partial charge in [-0.1, -0.05) is 0 Å². The van der Waals surface area contributed by atoms with Crippen LogP contribution < -0.4 is 16.6 Å². The van der Waals surface area contributed by atoms with Gasteiger partial charge >= 0.3 is 13.3 Å². The van der Waals surface area contributed by atoms with Crippen molar-refractivity contribution in [3.8, 4) is 0 Å². The van der Waals surface area contributed by atoms with Crippen molar-refractivity contribution in [1.29, 1.82) is 0 Å². The molecular formula is C13H21N2O8P. The Bertz CT molecular complexity index is 719. The molecule has 3 unspecified atom stereocenters. The Morgan fingerprint density at radius 2 is 2.00 bits per heavy atom. The minimum Gasteiger partial charge on any atom is -0.394 e. The molecule has 1 aliphatic heterocycles. The normalized spacial score (nSPS) is 24.4. The van der Waals surface area contributed by atoms with E-state index in [0.717, 1.165) is 10.8 Å². The van der Waals surface area contributed by atoms with Crippen LogP contribution in [0.5, 0.6) is 0 Å². The molecule has 1 aliphatic rings. The van der Waals surface area contributed by atoms with Crippen molar-refractivity contribution in [1.82, 2.24) is 9.55 Å². The fraction of sp³-hybridized carbons (Fsp3) is 0.692. The van der Waals surface area contributed by atoms with Crippen LogP contribution in [0.15, 0.2) is 15.8 Å². The zero-order valence-corrected chi connectivity index (χ0v) is 14.3. The molecule has 0 bridgehead atoms. The summed E-state index contributed by atoms with van der Waals surface area (Å²) in [4.78, 5) is 26.1. The van der Waals surface area contributed by atoms with E-state index >= 15 is 0 Å². The van der Waals surface area contributed by atoms with E-state index < -0.39 is 43.9 Å². The van der Waals surface area contributed by atoms with Crippen LogP contribution >= 0.6 is 7.60 Å². The van der Waals surface area contributed by atoms with E-state index in [2.05, 4.69) is 0 Å². The minimum atomic E-state index is -3.90. The summed E-state index contributed by atoms with van der Waals surface area (Å²) in [5.74, 6) is 0. The van der Waals surface area contributed by atoms with E-state index in [0.29, 0.717) is 0 Å². The molecule has 11 heteroatoms. The number of aliphatic hydroxyl groups excluding tert-OH is 2. The second kappa shape index (κ2) is 7.73. The molecule has 0 amide bonds. The van der Waals surface area contributed by atoms with E-state index in [1.54, 1.807) is 13.8 Å². The average molecular weight is 364 g/mol. The van der Waals surface area contributed by atoms with Crippen LogP contribution in [0.3, 0.4) is 0 Å². The zero-order chi connectivity index (χ0) is 17.9. The van der Waals surface area contributed by atoms with Gasteiger partial charge in [0, 0.05) is 12.6 Å². The molecule has 1 aromatic heterocycles. The monoisotopic (exact) mass is 364 g/mol. The fourth-order valence-corrected chi connectivity index (χ4v) is 4.05. The Kier molecular flexibility index (Phi) is 6.13. The van der Waals surface area contributed by atoms with Crippen molar-refractivity contribution in [2.45, 2.75) is 38.7 Å². The Morgan fingerprint density at radius 3 is 2.50 bits per heavy atom.